The molecule has 3 aromatic carbocycles. The zero-order valence-electron chi connectivity index (χ0n) is 19.7. The van der Waals surface area contributed by atoms with Crippen molar-refractivity contribution in [1.82, 2.24) is 0 Å². The molecule has 1 fully saturated rings. The van der Waals surface area contributed by atoms with Crippen molar-refractivity contribution < 1.29 is 24.2 Å². The van der Waals surface area contributed by atoms with E-state index in [-0.39, 0.29) is 11.3 Å². The van der Waals surface area contributed by atoms with Crippen molar-refractivity contribution >= 4 is 23.1 Å². The summed E-state index contributed by atoms with van der Waals surface area (Å²) in [6.07, 6.45) is 0. The summed E-state index contributed by atoms with van der Waals surface area (Å²) in [5.74, 6) is -0.303. The van der Waals surface area contributed by atoms with Gasteiger partial charge in [0, 0.05) is 11.3 Å². The van der Waals surface area contributed by atoms with Gasteiger partial charge in [-0.25, -0.2) is 0 Å². The van der Waals surface area contributed by atoms with Crippen molar-refractivity contribution in [2.24, 2.45) is 0 Å². The molecule has 6 heteroatoms. The number of benzene rings is 3. The van der Waals surface area contributed by atoms with Crippen LogP contribution in [0.5, 0.6) is 11.5 Å². The van der Waals surface area contributed by atoms with E-state index in [9.17, 15) is 14.7 Å². The molecule has 1 saturated heterocycles. The molecule has 1 aliphatic rings. The van der Waals surface area contributed by atoms with Crippen molar-refractivity contribution in [2.45, 2.75) is 26.8 Å². The van der Waals surface area contributed by atoms with Crippen LogP contribution in [-0.2, 0) is 9.59 Å². The van der Waals surface area contributed by atoms with Crippen LogP contribution in [0.1, 0.15) is 35.2 Å². The maximum absolute atomic E-state index is 13.3. The summed E-state index contributed by atoms with van der Waals surface area (Å²) in [5, 5.41) is 11.3. The quantitative estimate of drug-likeness (QED) is 0.307. The van der Waals surface area contributed by atoms with Crippen LogP contribution >= 0.6 is 0 Å². The number of hydrogen-bond acceptors (Lipinski definition) is 5. The number of anilines is 1. The molecule has 0 aromatic heterocycles. The lowest BCUT2D eigenvalue weighted by atomic mass is 9.94. The SMILES string of the molecule is CCOc1ccc(N2C(=O)C(=O)/C(=C(\O)c3ccc(OC)c(C)c3)C2c2cccc(C)c2)cc1. The van der Waals surface area contributed by atoms with E-state index in [2.05, 4.69) is 0 Å². The summed E-state index contributed by atoms with van der Waals surface area (Å²) >= 11 is 0. The van der Waals surface area contributed by atoms with Crippen molar-refractivity contribution in [3.05, 3.63) is 94.6 Å². The maximum atomic E-state index is 13.3. The Morgan fingerprint density at radius 2 is 1.74 bits per heavy atom. The number of carbonyl (C=O) groups excluding carboxylic acids is 2. The number of hydrogen-bond donors (Lipinski definition) is 1. The predicted molar refractivity (Wildman–Crippen MR) is 131 cm³/mol. The van der Waals surface area contributed by atoms with Gasteiger partial charge < -0.3 is 14.6 Å². The molecule has 1 aliphatic heterocycles. The van der Waals surface area contributed by atoms with Gasteiger partial charge >= 0.3 is 0 Å². The van der Waals surface area contributed by atoms with Gasteiger partial charge in [0.15, 0.2) is 0 Å². The fourth-order valence-electron chi connectivity index (χ4n) is 4.31. The number of aliphatic hydroxyl groups is 1. The highest BCUT2D eigenvalue weighted by Crippen LogP contribution is 2.43. The van der Waals surface area contributed by atoms with E-state index in [0.29, 0.717) is 29.4 Å². The van der Waals surface area contributed by atoms with Gasteiger partial charge in [-0.3, -0.25) is 14.5 Å². The van der Waals surface area contributed by atoms with Crippen molar-refractivity contribution in [3.8, 4) is 11.5 Å². The molecule has 3 aromatic rings. The van der Waals surface area contributed by atoms with E-state index in [1.165, 1.54) is 4.90 Å². The zero-order valence-corrected chi connectivity index (χ0v) is 19.7. The number of carbonyl (C=O) groups is 2. The van der Waals surface area contributed by atoms with E-state index in [1.54, 1.807) is 49.6 Å². The highest BCUT2D eigenvalue weighted by molar-refractivity contribution is 6.51. The first-order valence-electron chi connectivity index (χ1n) is 11.1. The minimum atomic E-state index is -0.778. The summed E-state index contributed by atoms with van der Waals surface area (Å²) in [6, 6.07) is 19.0. The lowest BCUT2D eigenvalue weighted by Gasteiger charge is -2.26. The molecule has 1 heterocycles. The van der Waals surface area contributed by atoms with Crippen molar-refractivity contribution in [2.75, 3.05) is 18.6 Å². The van der Waals surface area contributed by atoms with Crippen LogP contribution in [0.3, 0.4) is 0 Å². The summed E-state index contributed by atoms with van der Waals surface area (Å²) in [4.78, 5) is 28.0. The Morgan fingerprint density at radius 1 is 1.00 bits per heavy atom. The smallest absolute Gasteiger partial charge is 0.300 e. The highest BCUT2D eigenvalue weighted by Gasteiger charge is 2.47. The molecule has 1 N–H and O–H groups in total. The van der Waals surface area contributed by atoms with Crippen LogP contribution in [0.25, 0.3) is 5.76 Å². The second-order valence-corrected chi connectivity index (χ2v) is 8.19. The Hall–Kier alpha value is -4.06. The summed E-state index contributed by atoms with van der Waals surface area (Å²) in [5.41, 5.74) is 3.56. The van der Waals surface area contributed by atoms with E-state index < -0.39 is 17.7 Å². The molecule has 1 unspecified atom stereocenters. The number of aryl methyl sites for hydroxylation is 2. The first-order chi connectivity index (χ1) is 16.3. The molecular weight excluding hydrogens is 430 g/mol. The minimum absolute atomic E-state index is 0.0500. The Morgan fingerprint density at radius 3 is 2.35 bits per heavy atom. The number of Topliss-reactive ketones (excluding diaryl/α,β-unsaturated/α-hetero) is 1. The van der Waals surface area contributed by atoms with Crippen LogP contribution < -0.4 is 14.4 Å². The predicted octanol–water partition coefficient (Wildman–Crippen LogP) is 5.34. The third-order valence-corrected chi connectivity index (χ3v) is 5.90. The number of ketones is 1. The Balaban J connectivity index is 1.90. The lowest BCUT2D eigenvalue weighted by Crippen LogP contribution is -2.29. The third-order valence-electron chi connectivity index (χ3n) is 5.90. The number of rotatable bonds is 6. The van der Waals surface area contributed by atoms with Gasteiger partial charge in [0.1, 0.15) is 17.3 Å². The van der Waals surface area contributed by atoms with Crippen molar-refractivity contribution in [1.29, 1.82) is 0 Å². The molecule has 1 amide bonds. The number of amides is 1. The molecule has 4 rings (SSSR count). The van der Waals surface area contributed by atoms with Gasteiger partial charge in [0.2, 0.25) is 0 Å². The normalized spacial score (nSPS) is 17.2. The first kappa shape index (κ1) is 23.1. The molecule has 6 nitrogen and oxygen atoms in total. The Kier molecular flexibility index (Phi) is 6.41. The van der Waals surface area contributed by atoms with Gasteiger partial charge in [-0.15, -0.1) is 0 Å². The average Bonchev–Trinajstić information content (AvgIpc) is 3.10. The van der Waals surface area contributed by atoms with Gasteiger partial charge in [-0.1, -0.05) is 29.8 Å². The van der Waals surface area contributed by atoms with Crippen LogP contribution in [0, 0.1) is 13.8 Å². The van der Waals surface area contributed by atoms with Crippen LogP contribution in [0.15, 0.2) is 72.3 Å². The lowest BCUT2D eigenvalue weighted by molar-refractivity contribution is -0.132. The summed E-state index contributed by atoms with van der Waals surface area (Å²) < 4.78 is 10.8. The molecule has 174 valence electrons. The Labute approximate surface area is 199 Å². The van der Waals surface area contributed by atoms with Gasteiger partial charge in [0.25, 0.3) is 11.7 Å². The van der Waals surface area contributed by atoms with Crippen LogP contribution in [0.2, 0.25) is 0 Å². The number of methoxy groups -OCH3 is 1. The van der Waals surface area contributed by atoms with Crippen LogP contribution in [-0.4, -0.2) is 30.5 Å². The summed E-state index contributed by atoms with van der Waals surface area (Å²) in [7, 11) is 1.57. The minimum Gasteiger partial charge on any atom is -0.507 e. The molecule has 0 aliphatic carbocycles. The molecule has 0 saturated carbocycles. The van der Waals surface area contributed by atoms with E-state index in [0.717, 1.165) is 16.7 Å². The monoisotopic (exact) mass is 457 g/mol. The van der Waals surface area contributed by atoms with E-state index in [4.69, 9.17) is 9.47 Å². The number of nitrogens with zero attached hydrogens (tertiary/aromatic N) is 1. The fraction of sp³-hybridized carbons (Fsp3) is 0.214. The van der Waals surface area contributed by atoms with Gasteiger partial charge in [0.05, 0.1) is 25.3 Å². The van der Waals surface area contributed by atoms with Gasteiger partial charge in [-0.05, 0) is 74.4 Å². The first-order valence-corrected chi connectivity index (χ1v) is 11.1. The maximum Gasteiger partial charge on any atom is 0.300 e. The molecule has 0 bridgehead atoms. The average molecular weight is 458 g/mol. The second-order valence-electron chi connectivity index (χ2n) is 8.19. The Bertz CT molecular complexity index is 1280. The second kappa shape index (κ2) is 9.43. The molecule has 0 radical (unpaired) electrons. The number of ether oxygens (including phenoxy) is 2. The molecule has 1 atom stereocenters. The number of aliphatic hydroxyl groups excluding tert-OH is 1. The largest absolute Gasteiger partial charge is 0.507 e. The van der Waals surface area contributed by atoms with Crippen molar-refractivity contribution in [3.63, 3.8) is 0 Å². The fourth-order valence-corrected chi connectivity index (χ4v) is 4.31. The zero-order chi connectivity index (χ0) is 24.4. The standard InChI is InChI=1S/C28H27NO5/c1-5-34-22-12-10-21(11-13-22)29-25(19-8-6-7-17(2)15-19)24(27(31)28(29)32)26(30)20-9-14-23(33-4)18(3)16-20/h6-16,25,30H,5H2,1-4H3/b26-24-. The topological polar surface area (TPSA) is 76.1 Å². The van der Waals surface area contributed by atoms with Gasteiger partial charge in [-0.2, -0.15) is 0 Å². The van der Waals surface area contributed by atoms with E-state index in [1.807, 2.05) is 45.0 Å². The van der Waals surface area contributed by atoms with E-state index >= 15 is 0 Å². The highest BCUT2D eigenvalue weighted by atomic mass is 16.5. The molecule has 34 heavy (non-hydrogen) atoms. The molecular formula is C28H27NO5. The van der Waals surface area contributed by atoms with Crippen LogP contribution in [0.4, 0.5) is 5.69 Å². The summed E-state index contributed by atoms with van der Waals surface area (Å²) in [6.45, 7) is 6.21. The third kappa shape index (κ3) is 4.15. The molecule has 0 spiro atoms.